The summed E-state index contributed by atoms with van der Waals surface area (Å²) < 4.78 is 1.13. The van der Waals surface area contributed by atoms with E-state index in [-0.39, 0.29) is 11.9 Å². The van der Waals surface area contributed by atoms with Crippen LogP contribution >= 0.6 is 11.3 Å². The fourth-order valence-electron chi connectivity index (χ4n) is 4.08. The first-order valence-electron chi connectivity index (χ1n) is 11.5. The third kappa shape index (κ3) is 5.31. The minimum Gasteiger partial charge on any atom is -0.384 e. The van der Waals surface area contributed by atoms with E-state index in [0.29, 0.717) is 0 Å². The number of carbonyl (C=O) groups excluding carboxylic acids is 1. The highest BCUT2D eigenvalue weighted by atomic mass is 32.1. The van der Waals surface area contributed by atoms with Crippen molar-refractivity contribution in [3.63, 3.8) is 0 Å². The Hall–Kier alpha value is -2.83. The Kier molecular flexibility index (Phi) is 7.45. The molecule has 1 amide bonds. The first kappa shape index (κ1) is 22.4. The molecule has 168 valence electrons. The van der Waals surface area contributed by atoms with Crippen LogP contribution in [0.25, 0.3) is 21.0 Å². The number of carbonyl (C=O) groups is 1. The van der Waals surface area contributed by atoms with E-state index in [9.17, 15) is 4.79 Å². The summed E-state index contributed by atoms with van der Waals surface area (Å²) in [5.41, 5.74) is 3.49. The zero-order valence-electron chi connectivity index (χ0n) is 18.8. The molecular weight excluding hydrogens is 416 g/mol. The van der Waals surface area contributed by atoms with Crippen LogP contribution < -0.4 is 16.0 Å². The first-order valence-corrected chi connectivity index (χ1v) is 12.3. The molecule has 0 unspecified atom stereocenters. The molecule has 0 spiro atoms. The van der Waals surface area contributed by atoms with Gasteiger partial charge in [-0.2, -0.15) is 0 Å². The molecule has 4 rings (SSSR count). The lowest BCUT2D eigenvalue weighted by molar-refractivity contribution is 0.0938. The molecule has 0 fully saturated rings. The number of aromatic nitrogens is 1. The quantitative estimate of drug-likeness (QED) is 0.228. The Morgan fingerprint density at radius 1 is 1.12 bits per heavy atom. The lowest BCUT2D eigenvalue weighted by Crippen LogP contribution is -2.36. The summed E-state index contributed by atoms with van der Waals surface area (Å²) in [6.45, 7) is 3.97. The molecule has 4 N–H and O–H groups in total. The number of hydrogen-bond donors (Lipinski definition) is 4. The normalized spacial score (nSPS) is 12.3. The molecule has 32 heavy (non-hydrogen) atoms. The highest BCUT2D eigenvalue weighted by Gasteiger charge is 2.18. The second-order valence-corrected chi connectivity index (χ2v) is 9.35. The summed E-state index contributed by atoms with van der Waals surface area (Å²) in [7, 11) is 1.95. The smallest absolute Gasteiger partial charge is 0.261 e. The Balaban J connectivity index is 1.48. The number of para-hydroxylation sites is 1. The van der Waals surface area contributed by atoms with E-state index in [1.807, 2.05) is 19.2 Å². The predicted molar refractivity (Wildman–Crippen MR) is 137 cm³/mol. The van der Waals surface area contributed by atoms with Crippen molar-refractivity contribution in [3.8, 4) is 0 Å². The monoisotopic (exact) mass is 448 g/mol. The van der Waals surface area contributed by atoms with Gasteiger partial charge < -0.3 is 20.9 Å². The van der Waals surface area contributed by atoms with Gasteiger partial charge in [0.2, 0.25) is 0 Å². The maximum Gasteiger partial charge on any atom is 0.261 e. The lowest BCUT2D eigenvalue weighted by atomic mass is 10.0. The summed E-state index contributed by atoms with van der Waals surface area (Å²) in [6.07, 6.45) is 6.11. The van der Waals surface area contributed by atoms with Gasteiger partial charge >= 0.3 is 0 Å². The van der Waals surface area contributed by atoms with Gasteiger partial charge in [-0.05, 0) is 55.1 Å². The molecule has 1 atom stereocenters. The van der Waals surface area contributed by atoms with Crippen molar-refractivity contribution in [2.24, 2.45) is 0 Å². The van der Waals surface area contributed by atoms with Gasteiger partial charge in [-0.1, -0.05) is 44.0 Å². The molecule has 2 aromatic heterocycles. The number of rotatable bonds is 11. The second-order valence-electron chi connectivity index (χ2n) is 8.27. The van der Waals surface area contributed by atoms with Crippen LogP contribution in [0.1, 0.15) is 41.4 Å². The topological polar surface area (TPSA) is 69.0 Å². The molecule has 0 aliphatic rings. The average molecular weight is 449 g/mol. The minimum absolute atomic E-state index is 0.0248. The van der Waals surface area contributed by atoms with E-state index in [1.54, 1.807) is 11.3 Å². The molecule has 0 bridgehead atoms. The van der Waals surface area contributed by atoms with E-state index in [0.717, 1.165) is 64.9 Å². The van der Waals surface area contributed by atoms with Crippen molar-refractivity contribution < 1.29 is 4.79 Å². The maximum absolute atomic E-state index is 13.1. The Labute approximate surface area is 193 Å². The third-order valence-electron chi connectivity index (χ3n) is 5.83. The van der Waals surface area contributed by atoms with E-state index < -0.39 is 0 Å². The number of fused-ring (bicyclic) bond motifs is 2. The van der Waals surface area contributed by atoms with Crippen molar-refractivity contribution in [1.82, 2.24) is 15.6 Å². The molecule has 0 aliphatic carbocycles. The average Bonchev–Trinajstić information content (AvgIpc) is 3.42. The SMILES string of the molecule is CCCC[C@@H](Cc1c[nH]c2ccccc12)NC(=O)c1cc2ccc(NCCNC)cc2s1. The number of amides is 1. The minimum atomic E-state index is 0.0248. The van der Waals surface area contributed by atoms with Crippen LogP contribution in [-0.2, 0) is 6.42 Å². The third-order valence-corrected chi connectivity index (χ3v) is 6.93. The van der Waals surface area contributed by atoms with E-state index >= 15 is 0 Å². The van der Waals surface area contributed by atoms with Gasteiger partial charge in [-0.15, -0.1) is 11.3 Å². The number of H-pyrrole nitrogens is 1. The van der Waals surface area contributed by atoms with Crippen LogP contribution in [0.15, 0.2) is 54.7 Å². The van der Waals surface area contributed by atoms with Crippen LogP contribution in [0.5, 0.6) is 0 Å². The summed E-state index contributed by atoms with van der Waals surface area (Å²) in [6, 6.07) is 16.8. The van der Waals surface area contributed by atoms with Crippen LogP contribution in [0.4, 0.5) is 5.69 Å². The molecule has 0 saturated carbocycles. The number of nitrogens with one attached hydrogen (secondary N) is 4. The predicted octanol–water partition coefficient (Wildman–Crippen LogP) is 5.55. The van der Waals surface area contributed by atoms with Gasteiger partial charge in [0.25, 0.3) is 5.91 Å². The van der Waals surface area contributed by atoms with Crippen LogP contribution in [0, 0.1) is 0 Å². The van der Waals surface area contributed by atoms with Crippen LogP contribution in [0.3, 0.4) is 0 Å². The largest absolute Gasteiger partial charge is 0.384 e. The van der Waals surface area contributed by atoms with Crippen molar-refractivity contribution in [1.29, 1.82) is 0 Å². The van der Waals surface area contributed by atoms with Crippen molar-refractivity contribution in [2.75, 3.05) is 25.5 Å². The molecule has 0 radical (unpaired) electrons. The summed E-state index contributed by atoms with van der Waals surface area (Å²) in [5, 5.41) is 12.2. The number of hydrogen-bond acceptors (Lipinski definition) is 4. The molecule has 4 aromatic rings. The Morgan fingerprint density at radius 2 is 2.00 bits per heavy atom. The van der Waals surface area contributed by atoms with E-state index in [1.165, 1.54) is 10.9 Å². The number of unbranched alkanes of at least 4 members (excludes halogenated alkanes) is 1. The van der Waals surface area contributed by atoms with Gasteiger partial charge in [0, 0.05) is 46.6 Å². The molecule has 6 heteroatoms. The first-order chi connectivity index (χ1) is 15.7. The molecule has 2 heterocycles. The number of thiophene rings is 1. The Morgan fingerprint density at radius 3 is 2.84 bits per heavy atom. The summed E-state index contributed by atoms with van der Waals surface area (Å²) in [5.74, 6) is 0.0248. The summed E-state index contributed by atoms with van der Waals surface area (Å²) in [4.78, 5) is 17.3. The van der Waals surface area contributed by atoms with Crippen molar-refractivity contribution in [2.45, 2.75) is 38.6 Å². The number of benzene rings is 2. The molecule has 0 aliphatic heterocycles. The van der Waals surface area contributed by atoms with Gasteiger partial charge in [0.1, 0.15) is 0 Å². The lowest BCUT2D eigenvalue weighted by Gasteiger charge is -2.18. The van der Waals surface area contributed by atoms with Gasteiger partial charge in [0.05, 0.1) is 4.88 Å². The second kappa shape index (κ2) is 10.7. The molecular formula is C26H32N4OS. The molecule has 2 aromatic carbocycles. The van der Waals surface area contributed by atoms with E-state index in [4.69, 9.17) is 0 Å². The van der Waals surface area contributed by atoms with Crippen LogP contribution in [-0.4, -0.2) is 37.1 Å². The van der Waals surface area contributed by atoms with Gasteiger partial charge in [-0.25, -0.2) is 0 Å². The highest BCUT2D eigenvalue weighted by molar-refractivity contribution is 7.20. The maximum atomic E-state index is 13.1. The van der Waals surface area contributed by atoms with Gasteiger partial charge in [0.15, 0.2) is 0 Å². The van der Waals surface area contributed by atoms with Crippen molar-refractivity contribution in [3.05, 3.63) is 65.2 Å². The standard InChI is InChI=1S/C26H32N4OS/c1-3-4-7-21(14-19-17-29-23-9-6-5-8-22(19)23)30-26(31)25-15-18-10-11-20(16-24(18)32-25)28-13-12-27-2/h5-6,8-11,15-17,21,27-29H,3-4,7,12-14H2,1-2H3,(H,30,31)/t21-/m0/s1. The molecule has 0 saturated heterocycles. The zero-order chi connectivity index (χ0) is 22.3. The number of aromatic amines is 1. The van der Waals surface area contributed by atoms with E-state index in [2.05, 4.69) is 70.5 Å². The summed E-state index contributed by atoms with van der Waals surface area (Å²) >= 11 is 1.56. The van der Waals surface area contributed by atoms with Crippen LogP contribution in [0.2, 0.25) is 0 Å². The fraction of sp³-hybridized carbons (Fsp3) is 0.346. The van der Waals surface area contributed by atoms with Gasteiger partial charge in [-0.3, -0.25) is 4.79 Å². The Bertz CT molecular complexity index is 1180. The zero-order valence-corrected chi connectivity index (χ0v) is 19.6. The number of anilines is 1. The molecule has 5 nitrogen and oxygen atoms in total. The van der Waals surface area contributed by atoms with Crippen molar-refractivity contribution >= 4 is 43.9 Å². The fourth-order valence-corrected chi connectivity index (χ4v) is 5.09. The highest BCUT2D eigenvalue weighted by Crippen LogP contribution is 2.29. The number of likely N-dealkylation sites (N-methyl/N-ethyl adjacent to an activating group) is 1.